The molecule has 2 fully saturated rings. The number of carbonyl (C=O) groups excluding carboxylic acids is 1. The van der Waals surface area contributed by atoms with Gasteiger partial charge in [0.05, 0.1) is 32.0 Å². The van der Waals surface area contributed by atoms with Crippen LogP contribution in [0, 0.1) is 0 Å². The summed E-state index contributed by atoms with van der Waals surface area (Å²) in [6, 6.07) is -0.849. The van der Waals surface area contributed by atoms with E-state index in [-0.39, 0.29) is 18.9 Å². The lowest BCUT2D eigenvalue weighted by atomic mass is 9.97. The van der Waals surface area contributed by atoms with Gasteiger partial charge in [0.2, 0.25) is 5.91 Å². The maximum atomic E-state index is 13.4. The number of nitrogens with one attached hydrogen (secondary N) is 1. The molecule has 0 radical (unpaired) electrons. The number of aliphatic hydroxyl groups is 8. The molecular weight excluding hydrogens is 1300 g/mol. The van der Waals surface area contributed by atoms with E-state index in [1.54, 1.807) is 0 Å². The summed E-state index contributed by atoms with van der Waals surface area (Å²) in [6.45, 7) is 2.78. The molecule has 0 aromatic heterocycles. The van der Waals surface area contributed by atoms with Crippen LogP contribution >= 0.6 is 0 Å². The van der Waals surface area contributed by atoms with Crippen LogP contribution < -0.4 is 5.32 Å². The van der Waals surface area contributed by atoms with Crippen molar-refractivity contribution in [1.82, 2.24) is 5.32 Å². The minimum absolute atomic E-state index is 0.221. The quantitative estimate of drug-likeness (QED) is 0.0204. The van der Waals surface area contributed by atoms with Gasteiger partial charge in [-0.1, -0.05) is 373 Å². The first-order valence-electron chi connectivity index (χ1n) is 42.8. The Morgan fingerprint density at radius 1 is 0.356 bits per heavy atom. The summed E-state index contributed by atoms with van der Waals surface area (Å²) in [7, 11) is 0. The fourth-order valence-corrected chi connectivity index (χ4v) is 13.5. The highest BCUT2D eigenvalue weighted by molar-refractivity contribution is 5.76. The average Bonchev–Trinajstić information content (AvgIpc) is 0.790. The van der Waals surface area contributed by atoms with Crippen molar-refractivity contribution in [3.8, 4) is 0 Å². The SMILES string of the molecule is CC/C=C\C/C=C\C/C=C\C/C=C\C/C=C\C/C=C\C/C=C\C/C=C\C/C=C\C/C=C\CCCCCCCCC(=O)NC(COC1OC(CO)C(OC2OC(CO)C(O)C(O)C2O)C(O)C1O)C(O)CCCCCCCCCCCCCCCCCCCCCCCCCCCCCCCCCCC. The van der Waals surface area contributed by atoms with Crippen LogP contribution in [-0.4, -0.2) is 140 Å². The predicted octanol–water partition coefficient (Wildman–Crippen LogP) is 20.4. The Morgan fingerprint density at radius 2 is 0.663 bits per heavy atom. The Morgan fingerprint density at radius 3 is 1.02 bits per heavy atom. The molecule has 12 atom stereocenters. The fourth-order valence-electron chi connectivity index (χ4n) is 13.5. The van der Waals surface area contributed by atoms with Crippen molar-refractivity contribution in [3.63, 3.8) is 0 Å². The Kier molecular flexibility index (Phi) is 67.0. The molecular formula is C90H157NO13. The Hall–Kier alpha value is -3.61. The molecule has 2 rings (SSSR count). The third-order valence-electron chi connectivity index (χ3n) is 20.2. The van der Waals surface area contributed by atoms with E-state index < -0.39 is 86.8 Å². The van der Waals surface area contributed by atoms with Gasteiger partial charge in [-0.3, -0.25) is 4.79 Å². The van der Waals surface area contributed by atoms with Crippen molar-refractivity contribution >= 4 is 5.91 Å². The zero-order valence-corrected chi connectivity index (χ0v) is 66.0. The summed E-state index contributed by atoms with van der Waals surface area (Å²) >= 11 is 0. The molecule has 2 saturated heterocycles. The molecule has 0 saturated carbocycles. The standard InChI is InChI=1S/C90H157NO13/c1-3-5-7-9-11-13-15-17-19-21-23-25-27-29-31-33-35-37-38-39-40-42-44-46-48-50-52-54-56-58-60-62-64-66-68-70-72-74-82(95)91-78(77-101-89-87(100)85(98)88(81(76-93)103-89)104-90-86(99)84(97)83(96)80(75-92)102-90)79(94)73-71-69-67-65-63-61-59-57-55-53-51-49-47-45-43-41-36-34-32-30-28-26-24-22-20-18-16-14-12-10-8-6-4-2/h5,7,11,13,17,19,23,25,29,31,35,37,39-40,44,46,50,52,56,58,78-81,83-90,92-94,96-100H,3-4,6,8-10,12,14-16,18,20-22,24,26-28,30,32-34,36,38,41-43,45,47-49,51,53-55,57,59-77H2,1-2H3,(H,91,95)/b7-5-,13-11-,19-17-,25-23-,31-29-,37-35-,40-39-,46-44-,52-50-,58-56-. The van der Waals surface area contributed by atoms with Gasteiger partial charge in [0.1, 0.15) is 48.8 Å². The second-order valence-electron chi connectivity index (χ2n) is 29.6. The van der Waals surface area contributed by atoms with Crippen molar-refractivity contribution in [2.75, 3.05) is 19.8 Å². The molecule has 2 aliphatic rings. The molecule has 0 aliphatic carbocycles. The minimum Gasteiger partial charge on any atom is -0.394 e. The molecule has 600 valence electrons. The number of rotatable bonds is 71. The van der Waals surface area contributed by atoms with Crippen LogP contribution in [0.5, 0.6) is 0 Å². The molecule has 0 spiro atoms. The van der Waals surface area contributed by atoms with Crippen molar-refractivity contribution in [3.05, 3.63) is 122 Å². The second kappa shape index (κ2) is 72.3. The van der Waals surface area contributed by atoms with Crippen molar-refractivity contribution in [2.24, 2.45) is 0 Å². The Balaban J connectivity index is 1.61. The Bertz CT molecular complexity index is 2220. The summed E-state index contributed by atoms with van der Waals surface area (Å²) in [6.07, 6.45) is 89.6. The smallest absolute Gasteiger partial charge is 0.220 e. The maximum Gasteiger partial charge on any atom is 0.220 e. The molecule has 9 N–H and O–H groups in total. The molecule has 2 aliphatic heterocycles. The van der Waals surface area contributed by atoms with Crippen LogP contribution in [0.1, 0.15) is 348 Å². The molecule has 1 amide bonds. The molecule has 0 aromatic rings. The van der Waals surface area contributed by atoms with E-state index in [0.29, 0.717) is 12.8 Å². The van der Waals surface area contributed by atoms with Crippen LogP contribution in [0.3, 0.4) is 0 Å². The Labute approximate surface area is 635 Å². The van der Waals surface area contributed by atoms with Gasteiger partial charge in [0.25, 0.3) is 0 Å². The number of amides is 1. The number of allylic oxidation sites excluding steroid dienone is 20. The topological polar surface area (TPSA) is 228 Å². The predicted molar refractivity (Wildman–Crippen MR) is 433 cm³/mol. The summed E-state index contributed by atoms with van der Waals surface area (Å²) < 4.78 is 23.0. The number of hydrogen-bond acceptors (Lipinski definition) is 13. The summed E-state index contributed by atoms with van der Waals surface area (Å²) in [5, 5.41) is 88.0. The van der Waals surface area contributed by atoms with Crippen LogP contribution in [0.25, 0.3) is 0 Å². The highest BCUT2D eigenvalue weighted by atomic mass is 16.7. The fraction of sp³-hybridized carbons (Fsp3) is 0.767. The van der Waals surface area contributed by atoms with Crippen molar-refractivity contribution in [2.45, 2.75) is 421 Å². The molecule has 0 bridgehead atoms. The van der Waals surface area contributed by atoms with Gasteiger partial charge < -0.3 is 65.1 Å². The highest BCUT2D eigenvalue weighted by Gasteiger charge is 2.51. The summed E-state index contributed by atoms with van der Waals surface area (Å²) in [5.41, 5.74) is 0. The van der Waals surface area contributed by atoms with Gasteiger partial charge in [0, 0.05) is 6.42 Å². The van der Waals surface area contributed by atoms with Crippen LogP contribution in [0.2, 0.25) is 0 Å². The van der Waals surface area contributed by atoms with Gasteiger partial charge in [-0.05, 0) is 89.9 Å². The second-order valence-corrected chi connectivity index (χ2v) is 29.6. The lowest BCUT2D eigenvalue weighted by Gasteiger charge is -2.46. The summed E-state index contributed by atoms with van der Waals surface area (Å²) in [5.74, 6) is -0.221. The van der Waals surface area contributed by atoms with Crippen molar-refractivity contribution in [1.29, 1.82) is 0 Å². The van der Waals surface area contributed by atoms with Gasteiger partial charge in [-0.25, -0.2) is 0 Å². The van der Waals surface area contributed by atoms with E-state index in [4.69, 9.17) is 18.9 Å². The van der Waals surface area contributed by atoms with E-state index in [2.05, 4.69) is 141 Å². The van der Waals surface area contributed by atoms with Crippen molar-refractivity contribution < 1.29 is 64.6 Å². The maximum absolute atomic E-state index is 13.4. The van der Waals surface area contributed by atoms with E-state index in [1.807, 2.05) is 0 Å². The third kappa shape index (κ3) is 54.1. The monoisotopic (exact) mass is 1460 g/mol. The zero-order valence-electron chi connectivity index (χ0n) is 66.0. The first-order valence-corrected chi connectivity index (χ1v) is 42.8. The molecule has 104 heavy (non-hydrogen) atoms. The minimum atomic E-state index is -1.79. The normalized spacial score (nSPS) is 22.1. The average molecular weight is 1460 g/mol. The lowest BCUT2D eigenvalue weighted by Crippen LogP contribution is -2.65. The van der Waals surface area contributed by atoms with Crippen LogP contribution in [0.4, 0.5) is 0 Å². The molecule has 2 heterocycles. The van der Waals surface area contributed by atoms with E-state index in [9.17, 15) is 45.6 Å². The number of unbranched alkanes of at least 4 members (excludes halogenated alkanes) is 38. The third-order valence-corrected chi connectivity index (χ3v) is 20.2. The summed E-state index contributed by atoms with van der Waals surface area (Å²) in [4.78, 5) is 13.4. The van der Waals surface area contributed by atoms with Crippen LogP contribution in [-0.2, 0) is 23.7 Å². The van der Waals surface area contributed by atoms with Gasteiger partial charge in [0.15, 0.2) is 12.6 Å². The van der Waals surface area contributed by atoms with E-state index in [1.165, 1.54) is 186 Å². The molecule has 14 nitrogen and oxygen atoms in total. The molecule has 0 aromatic carbocycles. The molecule has 14 heteroatoms. The first-order chi connectivity index (χ1) is 51.1. The number of ether oxygens (including phenoxy) is 4. The molecule has 12 unspecified atom stereocenters. The highest BCUT2D eigenvalue weighted by Crippen LogP contribution is 2.30. The number of carbonyl (C=O) groups is 1. The number of hydrogen-bond donors (Lipinski definition) is 9. The zero-order chi connectivity index (χ0) is 75.1. The van der Waals surface area contributed by atoms with E-state index >= 15 is 0 Å². The van der Waals surface area contributed by atoms with Gasteiger partial charge in [-0.2, -0.15) is 0 Å². The van der Waals surface area contributed by atoms with Crippen LogP contribution in [0.15, 0.2) is 122 Å². The first kappa shape index (κ1) is 96.5. The van der Waals surface area contributed by atoms with Gasteiger partial charge in [-0.15, -0.1) is 0 Å². The number of aliphatic hydroxyl groups excluding tert-OH is 8. The largest absolute Gasteiger partial charge is 0.394 e. The lowest BCUT2D eigenvalue weighted by molar-refractivity contribution is -0.359. The van der Waals surface area contributed by atoms with E-state index in [0.717, 1.165) is 128 Å². The van der Waals surface area contributed by atoms with Gasteiger partial charge >= 0.3 is 0 Å².